The average Bonchev–Trinajstić information content (AvgIpc) is 3.05. The number of benzene rings is 1. The molecule has 1 N–H and O–H groups in total. The first-order valence-corrected chi connectivity index (χ1v) is 7.48. The van der Waals surface area contributed by atoms with E-state index < -0.39 is 0 Å². The van der Waals surface area contributed by atoms with Crippen LogP contribution in [0.3, 0.4) is 0 Å². The molecule has 6 heteroatoms. The largest absolute Gasteiger partial charge is 0.492 e. The monoisotopic (exact) mass is 309 g/mol. The van der Waals surface area contributed by atoms with E-state index in [4.69, 9.17) is 4.74 Å². The number of nitrogens with one attached hydrogen (secondary N) is 1. The molecule has 2 heterocycles. The third kappa shape index (κ3) is 4.06. The van der Waals surface area contributed by atoms with Gasteiger partial charge >= 0.3 is 0 Å². The molecule has 1 aromatic carbocycles. The van der Waals surface area contributed by atoms with Gasteiger partial charge in [-0.25, -0.2) is 14.6 Å². The van der Waals surface area contributed by atoms with Crippen LogP contribution in [0.25, 0.3) is 5.82 Å². The highest BCUT2D eigenvalue weighted by Gasteiger charge is 2.01. The van der Waals surface area contributed by atoms with Gasteiger partial charge < -0.3 is 10.1 Å². The molecule has 0 bridgehead atoms. The van der Waals surface area contributed by atoms with E-state index in [1.54, 1.807) is 10.9 Å². The molecule has 0 aliphatic rings. The molecule has 3 rings (SSSR count). The maximum Gasteiger partial charge on any atom is 0.158 e. The minimum atomic E-state index is 0.560. The number of hydrogen-bond donors (Lipinski definition) is 1. The van der Waals surface area contributed by atoms with Gasteiger partial charge in [-0.05, 0) is 43.2 Å². The van der Waals surface area contributed by atoms with E-state index in [-0.39, 0.29) is 0 Å². The molecule has 0 spiro atoms. The van der Waals surface area contributed by atoms with Gasteiger partial charge in [-0.1, -0.05) is 6.07 Å². The minimum absolute atomic E-state index is 0.560. The van der Waals surface area contributed by atoms with Crippen LogP contribution in [0.1, 0.15) is 11.1 Å². The molecule has 0 aliphatic heterocycles. The molecule has 0 amide bonds. The van der Waals surface area contributed by atoms with Crippen molar-refractivity contribution in [3.63, 3.8) is 0 Å². The quantitative estimate of drug-likeness (QED) is 0.709. The van der Waals surface area contributed by atoms with Crippen LogP contribution in [-0.2, 0) is 0 Å². The lowest BCUT2D eigenvalue weighted by atomic mass is 10.1. The fourth-order valence-corrected chi connectivity index (χ4v) is 2.34. The van der Waals surface area contributed by atoms with Crippen molar-refractivity contribution >= 4 is 5.82 Å². The minimum Gasteiger partial charge on any atom is -0.492 e. The van der Waals surface area contributed by atoms with Crippen LogP contribution in [0, 0.1) is 13.8 Å². The summed E-state index contributed by atoms with van der Waals surface area (Å²) in [5.74, 6) is 2.36. The Morgan fingerprint density at radius 2 is 1.91 bits per heavy atom. The Morgan fingerprint density at radius 1 is 1.09 bits per heavy atom. The first-order chi connectivity index (χ1) is 11.2. The summed E-state index contributed by atoms with van der Waals surface area (Å²) in [6.07, 6.45) is 5.08. The summed E-state index contributed by atoms with van der Waals surface area (Å²) in [4.78, 5) is 8.40. The average molecular weight is 309 g/mol. The summed E-state index contributed by atoms with van der Waals surface area (Å²) in [6, 6.07) is 9.90. The first-order valence-electron chi connectivity index (χ1n) is 7.48. The predicted molar refractivity (Wildman–Crippen MR) is 89.1 cm³/mol. The van der Waals surface area contributed by atoms with Gasteiger partial charge in [0.2, 0.25) is 0 Å². The van der Waals surface area contributed by atoms with E-state index in [1.165, 1.54) is 17.5 Å². The van der Waals surface area contributed by atoms with Crippen LogP contribution in [0.4, 0.5) is 5.82 Å². The first kappa shape index (κ1) is 15.0. The zero-order chi connectivity index (χ0) is 16.1. The molecular weight excluding hydrogens is 290 g/mol. The van der Waals surface area contributed by atoms with Gasteiger partial charge in [0.15, 0.2) is 5.82 Å². The number of aryl methyl sites for hydroxylation is 2. The highest BCUT2D eigenvalue weighted by atomic mass is 16.5. The smallest absolute Gasteiger partial charge is 0.158 e. The van der Waals surface area contributed by atoms with Crippen molar-refractivity contribution in [1.29, 1.82) is 0 Å². The Balaban J connectivity index is 1.54. The second-order valence-electron chi connectivity index (χ2n) is 5.31. The van der Waals surface area contributed by atoms with Gasteiger partial charge in [-0.2, -0.15) is 5.10 Å². The molecular formula is C17H19N5O. The van der Waals surface area contributed by atoms with Gasteiger partial charge in [0.05, 0.1) is 6.54 Å². The molecule has 0 atom stereocenters. The number of ether oxygens (including phenoxy) is 1. The van der Waals surface area contributed by atoms with Crippen molar-refractivity contribution < 1.29 is 4.74 Å². The van der Waals surface area contributed by atoms with Crippen molar-refractivity contribution in [3.05, 3.63) is 60.2 Å². The molecule has 0 aliphatic carbocycles. The Morgan fingerprint density at radius 3 is 2.65 bits per heavy atom. The fourth-order valence-electron chi connectivity index (χ4n) is 2.34. The van der Waals surface area contributed by atoms with Crippen LogP contribution >= 0.6 is 0 Å². The van der Waals surface area contributed by atoms with Gasteiger partial charge in [0.25, 0.3) is 0 Å². The Hall–Kier alpha value is -2.89. The summed E-state index contributed by atoms with van der Waals surface area (Å²) >= 11 is 0. The van der Waals surface area contributed by atoms with Gasteiger partial charge in [-0.15, -0.1) is 0 Å². The molecule has 6 nitrogen and oxygen atoms in total. The van der Waals surface area contributed by atoms with E-state index in [2.05, 4.69) is 40.3 Å². The van der Waals surface area contributed by atoms with Crippen LogP contribution < -0.4 is 10.1 Å². The van der Waals surface area contributed by atoms with Gasteiger partial charge in [0, 0.05) is 18.5 Å². The van der Waals surface area contributed by atoms with E-state index in [1.807, 2.05) is 30.5 Å². The number of anilines is 1. The Labute approximate surface area is 135 Å². The van der Waals surface area contributed by atoms with E-state index in [0.29, 0.717) is 13.2 Å². The van der Waals surface area contributed by atoms with Crippen molar-refractivity contribution in [2.24, 2.45) is 0 Å². The van der Waals surface area contributed by atoms with E-state index in [9.17, 15) is 0 Å². The lowest BCUT2D eigenvalue weighted by molar-refractivity contribution is 0.332. The maximum absolute atomic E-state index is 5.77. The number of aromatic nitrogens is 4. The second kappa shape index (κ2) is 6.91. The predicted octanol–water partition coefficient (Wildman–Crippen LogP) is 2.77. The molecule has 2 aromatic heterocycles. The summed E-state index contributed by atoms with van der Waals surface area (Å²) in [5.41, 5.74) is 2.40. The summed E-state index contributed by atoms with van der Waals surface area (Å²) in [6.45, 7) is 5.35. The summed E-state index contributed by atoms with van der Waals surface area (Å²) in [7, 11) is 0. The van der Waals surface area contributed by atoms with Crippen LogP contribution in [0.2, 0.25) is 0 Å². The van der Waals surface area contributed by atoms with Gasteiger partial charge in [0.1, 0.15) is 24.5 Å². The normalized spacial score (nSPS) is 10.5. The Kier molecular flexibility index (Phi) is 4.52. The maximum atomic E-state index is 5.77. The third-order valence-corrected chi connectivity index (χ3v) is 3.26. The van der Waals surface area contributed by atoms with Crippen LogP contribution in [-0.4, -0.2) is 32.9 Å². The van der Waals surface area contributed by atoms with E-state index in [0.717, 1.165) is 17.4 Å². The lowest BCUT2D eigenvalue weighted by Crippen LogP contribution is -2.13. The van der Waals surface area contributed by atoms with Crippen molar-refractivity contribution in [2.45, 2.75) is 13.8 Å². The second-order valence-corrected chi connectivity index (χ2v) is 5.31. The van der Waals surface area contributed by atoms with Crippen LogP contribution in [0.15, 0.2) is 49.1 Å². The molecule has 0 saturated heterocycles. The molecule has 23 heavy (non-hydrogen) atoms. The Bertz CT molecular complexity index is 750. The van der Waals surface area contributed by atoms with Crippen molar-refractivity contribution in [1.82, 2.24) is 19.7 Å². The van der Waals surface area contributed by atoms with Crippen LogP contribution in [0.5, 0.6) is 5.75 Å². The summed E-state index contributed by atoms with van der Waals surface area (Å²) in [5, 5.41) is 7.38. The summed E-state index contributed by atoms with van der Waals surface area (Å²) < 4.78 is 7.46. The van der Waals surface area contributed by atoms with E-state index >= 15 is 0 Å². The zero-order valence-corrected chi connectivity index (χ0v) is 13.2. The number of nitrogens with zero attached hydrogens (tertiary/aromatic N) is 4. The third-order valence-electron chi connectivity index (χ3n) is 3.26. The lowest BCUT2D eigenvalue weighted by Gasteiger charge is -2.10. The molecule has 0 fully saturated rings. The number of rotatable bonds is 6. The molecule has 0 radical (unpaired) electrons. The molecule has 0 saturated carbocycles. The topological polar surface area (TPSA) is 64.9 Å². The fraction of sp³-hybridized carbons (Fsp3) is 0.235. The number of hydrogen-bond acceptors (Lipinski definition) is 5. The highest BCUT2D eigenvalue weighted by molar-refractivity contribution is 5.40. The van der Waals surface area contributed by atoms with Crippen molar-refractivity contribution in [3.8, 4) is 11.6 Å². The molecule has 0 unspecified atom stereocenters. The zero-order valence-electron chi connectivity index (χ0n) is 13.2. The standard InChI is InChI=1S/C17H19N5O/c1-13-8-14(2)10-15(9-13)23-7-5-18-16-11-17(20-12-19-16)22-6-3-4-21-22/h3-4,6,8-12H,5,7H2,1-2H3,(H,18,19,20). The highest BCUT2D eigenvalue weighted by Crippen LogP contribution is 2.16. The molecule has 3 aromatic rings. The SMILES string of the molecule is Cc1cc(C)cc(OCCNc2cc(-n3cccn3)ncn2)c1. The van der Waals surface area contributed by atoms with Crippen molar-refractivity contribution in [2.75, 3.05) is 18.5 Å². The van der Waals surface area contributed by atoms with Gasteiger partial charge in [-0.3, -0.25) is 0 Å². The molecule has 118 valence electrons.